The quantitative estimate of drug-likeness (QED) is 0.867. The Bertz CT molecular complexity index is 757. The van der Waals surface area contributed by atoms with Gasteiger partial charge in [0.15, 0.2) is 5.82 Å². The fraction of sp³-hybridized carbons (Fsp3) is 0.500. The lowest BCUT2D eigenvalue weighted by Crippen LogP contribution is -2.45. The van der Waals surface area contributed by atoms with Gasteiger partial charge in [-0.1, -0.05) is 12.1 Å². The molecule has 2 aromatic rings. The monoisotopic (exact) mass is 356 g/mol. The van der Waals surface area contributed by atoms with Crippen LogP contribution in [0.3, 0.4) is 0 Å². The van der Waals surface area contributed by atoms with E-state index in [1.165, 1.54) is 0 Å². The van der Waals surface area contributed by atoms with Gasteiger partial charge in [-0.2, -0.15) is 15.0 Å². The highest BCUT2D eigenvalue weighted by Crippen LogP contribution is 2.25. The van der Waals surface area contributed by atoms with Gasteiger partial charge in [-0.3, -0.25) is 0 Å². The number of benzene rings is 1. The van der Waals surface area contributed by atoms with E-state index in [2.05, 4.69) is 26.7 Å². The van der Waals surface area contributed by atoms with Crippen molar-refractivity contribution < 1.29 is 9.84 Å². The second-order valence-corrected chi connectivity index (χ2v) is 6.70. The highest BCUT2D eigenvalue weighted by Gasteiger charge is 2.22. The zero-order valence-corrected chi connectivity index (χ0v) is 15.0. The van der Waals surface area contributed by atoms with Crippen molar-refractivity contribution in [1.29, 1.82) is 0 Å². The molecule has 8 nitrogen and oxygen atoms in total. The third kappa shape index (κ3) is 3.71. The summed E-state index contributed by atoms with van der Waals surface area (Å²) < 4.78 is 5.45. The van der Waals surface area contributed by atoms with Crippen molar-refractivity contribution in [1.82, 2.24) is 19.9 Å². The molecule has 0 saturated carbocycles. The molecular formula is C18H24N6O2. The van der Waals surface area contributed by atoms with Crippen LogP contribution < -0.4 is 9.80 Å². The first-order chi connectivity index (χ1) is 12.7. The number of hydrogen-bond donors (Lipinski definition) is 1. The van der Waals surface area contributed by atoms with E-state index in [1.54, 1.807) is 18.2 Å². The number of aromatic nitrogens is 3. The highest BCUT2D eigenvalue weighted by atomic mass is 16.5. The van der Waals surface area contributed by atoms with Crippen LogP contribution in [0.1, 0.15) is 0 Å². The minimum Gasteiger partial charge on any atom is -0.508 e. The summed E-state index contributed by atoms with van der Waals surface area (Å²) in [4.78, 5) is 20.8. The van der Waals surface area contributed by atoms with Gasteiger partial charge in [-0.05, 0) is 19.2 Å². The largest absolute Gasteiger partial charge is 0.508 e. The van der Waals surface area contributed by atoms with E-state index in [9.17, 15) is 5.11 Å². The molecule has 8 heteroatoms. The summed E-state index contributed by atoms with van der Waals surface area (Å²) in [6.07, 6.45) is 0. The minimum absolute atomic E-state index is 0.206. The number of rotatable bonds is 3. The fourth-order valence-electron chi connectivity index (χ4n) is 3.18. The van der Waals surface area contributed by atoms with Crippen molar-refractivity contribution in [2.75, 3.05) is 69.3 Å². The Morgan fingerprint density at radius 1 is 0.885 bits per heavy atom. The molecule has 0 spiro atoms. The minimum atomic E-state index is 0.206. The standard InChI is InChI=1S/C18H24N6O2/c1-22-5-7-23(8-6-22)17-19-16(14-3-2-4-15(25)13-14)20-18(21-17)24-9-11-26-12-10-24/h2-4,13,25H,5-12H2,1H3. The molecule has 26 heavy (non-hydrogen) atoms. The maximum absolute atomic E-state index is 9.83. The first-order valence-corrected chi connectivity index (χ1v) is 9.01. The zero-order valence-electron chi connectivity index (χ0n) is 15.0. The summed E-state index contributed by atoms with van der Waals surface area (Å²) in [6.45, 7) is 6.65. The first kappa shape index (κ1) is 17.0. The molecule has 2 fully saturated rings. The zero-order chi connectivity index (χ0) is 17.9. The Balaban J connectivity index is 1.71. The van der Waals surface area contributed by atoms with Crippen molar-refractivity contribution in [2.45, 2.75) is 0 Å². The highest BCUT2D eigenvalue weighted by molar-refractivity contribution is 5.60. The predicted molar refractivity (Wildman–Crippen MR) is 99.7 cm³/mol. The van der Waals surface area contributed by atoms with Crippen LogP contribution >= 0.6 is 0 Å². The predicted octanol–water partition coefficient (Wildman–Crippen LogP) is 0.833. The Hall–Kier alpha value is -2.45. The maximum atomic E-state index is 9.83. The SMILES string of the molecule is CN1CCN(c2nc(-c3cccc(O)c3)nc(N3CCOCC3)n2)CC1. The third-order valence-electron chi connectivity index (χ3n) is 4.80. The van der Waals surface area contributed by atoms with Crippen LogP contribution in [0.5, 0.6) is 5.75 Å². The summed E-state index contributed by atoms with van der Waals surface area (Å²) in [5.41, 5.74) is 0.789. The molecular weight excluding hydrogens is 332 g/mol. The van der Waals surface area contributed by atoms with Crippen LogP contribution in [0, 0.1) is 0 Å². The van der Waals surface area contributed by atoms with Crippen LogP contribution in [0.25, 0.3) is 11.4 Å². The average Bonchev–Trinajstić information content (AvgIpc) is 2.69. The molecule has 3 heterocycles. The molecule has 138 valence electrons. The topological polar surface area (TPSA) is 77.9 Å². The van der Waals surface area contributed by atoms with E-state index in [-0.39, 0.29) is 5.75 Å². The molecule has 1 N–H and O–H groups in total. The summed E-state index contributed by atoms with van der Waals surface area (Å²) in [7, 11) is 2.13. The number of nitrogens with zero attached hydrogens (tertiary/aromatic N) is 6. The molecule has 0 unspecified atom stereocenters. The maximum Gasteiger partial charge on any atom is 0.230 e. The summed E-state index contributed by atoms with van der Waals surface area (Å²) in [6, 6.07) is 7.05. The summed E-state index contributed by atoms with van der Waals surface area (Å²) in [5, 5.41) is 9.83. The van der Waals surface area contributed by atoms with E-state index >= 15 is 0 Å². The van der Waals surface area contributed by atoms with E-state index in [0.29, 0.717) is 30.9 Å². The van der Waals surface area contributed by atoms with E-state index < -0.39 is 0 Å². The smallest absolute Gasteiger partial charge is 0.230 e. The molecule has 4 rings (SSSR count). The molecule has 2 aliphatic heterocycles. The van der Waals surface area contributed by atoms with Crippen molar-refractivity contribution in [3.05, 3.63) is 24.3 Å². The van der Waals surface area contributed by atoms with Crippen molar-refractivity contribution in [3.63, 3.8) is 0 Å². The van der Waals surface area contributed by atoms with Gasteiger partial charge in [0.1, 0.15) is 5.75 Å². The number of hydrogen-bond acceptors (Lipinski definition) is 8. The van der Waals surface area contributed by atoms with Crippen LogP contribution in [0.2, 0.25) is 0 Å². The van der Waals surface area contributed by atoms with Gasteiger partial charge in [0, 0.05) is 44.8 Å². The number of aromatic hydroxyl groups is 1. The van der Waals surface area contributed by atoms with Crippen LogP contribution in [0.15, 0.2) is 24.3 Å². The van der Waals surface area contributed by atoms with Gasteiger partial charge in [0.2, 0.25) is 11.9 Å². The number of phenolic OH excluding ortho intramolecular Hbond substituents is 1. The van der Waals surface area contributed by atoms with Gasteiger partial charge in [0.25, 0.3) is 0 Å². The van der Waals surface area contributed by atoms with Gasteiger partial charge in [-0.15, -0.1) is 0 Å². The molecule has 0 atom stereocenters. The molecule has 0 bridgehead atoms. The fourth-order valence-corrected chi connectivity index (χ4v) is 3.18. The van der Waals surface area contributed by atoms with Gasteiger partial charge in [-0.25, -0.2) is 0 Å². The summed E-state index contributed by atoms with van der Waals surface area (Å²) in [5.74, 6) is 2.17. The van der Waals surface area contributed by atoms with Crippen LogP contribution in [0.4, 0.5) is 11.9 Å². The Morgan fingerprint density at radius 2 is 1.54 bits per heavy atom. The second kappa shape index (κ2) is 7.43. The number of likely N-dealkylation sites (N-methyl/N-ethyl adjacent to an activating group) is 1. The molecule has 0 amide bonds. The number of morpholine rings is 1. The molecule has 1 aromatic carbocycles. The second-order valence-electron chi connectivity index (χ2n) is 6.70. The Morgan fingerprint density at radius 3 is 2.19 bits per heavy atom. The normalized spacial score (nSPS) is 19.0. The molecule has 0 aliphatic carbocycles. The van der Waals surface area contributed by atoms with E-state index in [4.69, 9.17) is 14.7 Å². The van der Waals surface area contributed by atoms with Crippen LogP contribution in [-0.4, -0.2) is 84.5 Å². The van der Waals surface area contributed by atoms with Crippen molar-refractivity contribution in [2.24, 2.45) is 0 Å². The van der Waals surface area contributed by atoms with Gasteiger partial charge in [0.05, 0.1) is 13.2 Å². The number of ether oxygens (including phenoxy) is 1. The number of phenols is 1. The lowest BCUT2D eigenvalue weighted by Gasteiger charge is -2.33. The molecule has 2 saturated heterocycles. The first-order valence-electron chi connectivity index (χ1n) is 9.01. The Kier molecular flexibility index (Phi) is 4.85. The summed E-state index contributed by atoms with van der Waals surface area (Å²) >= 11 is 0. The average molecular weight is 356 g/mol. The van der Waals surface area contributed by atoms with Crippen LogP contribution in [-0.2, 0) is 4.74 Å². The van der Waals surface area contributed by atoms with Gasteiger partial charge >= 0.3 is 0 Å². The van der Waals surface area contributed by atoms with E-state index in [1.807, 2.05) is 6.07 Å². The van der Waals surface area contributed by atoms with Crippen molar-refractivity contribution >= 4 is 11.9 Å². The van der Waals surface area contributed by atoms with E-state index in [0.717, 1.165) is 44.8 Å². The van der Waals surface area contributed by atoms with Gasteiger partial charge < -0.3 is 24.5 Å². The lowest BCUT2D eigenvalue weighted by atomic mass is 10.2. The molecule has 0 radical (unpaired) electrons. The molecule has 2 aliphatic rings. The number of piperazine rings is 1. The van der Waals surface area contributed by atoms with Crippen molar-refractivity contribution in [3.8, 4) is 17.1 Å². The third-order valence-corrected chi connectivity index (χ3v) is 4.80. The Labute approximate surface area is 153 Å². The lowest BCUT2D eigenvalue weighted by molar-refractivity contribution is 0.122. The molecule has 1 aromatic heterocycles. The number of anilines is 2.